The lowest BCUT2D eigenvalue weighted by atomic mass is 9.68. The fraction of sp³-hybridized carbons (Fsp3) is 0.136. The third-order valence-electron chi connectivity index (χ3n) is 5.09. The van der Waals surface area contributed by atoms with E-state index in [1.807, 2.05) is 91.9 Å². The highest BCUT2D eigenvalue weighted by atomic mass is 16.3. The SMILES string of the molecule is C[C@@]1(c2ccccc2)c2ccccc2N(c2ccccc2)C(=O)[C@H]1O. The maximum atomic E-state index is 13.2. The summed E-state index contributed by atoms with van der Waals surface area (Å²) in [6.07, 6.45) is -1.16. The molecule has 25 heavy (non-hydrogen) atoms. The summed E-state index contributed by atoms with van der Waals surface area (Å²) in [5.74, 6) is -0.309. The number of carbonyl (C=O) groups excluding carboxylic acids is 1. The lowest BCUT2D eigenvalue weighted by Crippen LogP contribution is -2.53. The van der Waals surface area contributed by atoms with Crippen LogP contribution in [0, 0.1) is 0 Å². The van der Waals surface area contributed by atoms with Gasteiger partial charge in [0, 0.05) is 5.69 Å². The van der Waals surface area contributed by atoms with Gasteiger partial charge in [0.1, 0.15) is 6.10 Å². The molecule has 1 aliphatic heterocycles. The van der Waals surface area contributed by atoms with Crippen molar-refractivity contribution in [3.05, 3.63) is 96.1 Å². The van der Waals surface area contributed by atoms with Crippen molar-refractivity contribution in [2.24, 2.45) is 0 Å². The first-order chi connectivity index (χ1) is 12.1. The van der Waals surface area contributed by atoms with Gasteiger partial charge in [-0.1, -0.05) is 66.7 Å². The third-order valence-corrected chi connectivity index (χ3v) is 5.09. The predicted molar refractivity (Wildman–Crippen MR) is 98.9 cm³/mol. The number of aliphatic hydroxyl groups is 1. The van der Waals surface area contributed by atoms with E-state index in [4.69, 9.17) is 0 Å². The van der Waals surface area contributed by atoms with E-state index in [2.05, 4.69) is 0 Å². The number of anilines is 2. The standard InChI is InChI=1S/C22H19NO2/c1-22(16-10-4-2-5-11-16)18-14-8-9-15-19(18)23(21(25)20(22)24)17-12-6-3-7-13-17/h2-15,20,24H,1H3/t20-,22-/m1/s1. The molecule has 0 aliphatic carbocycles. The van der Waals surface area contributed by atoms with Crippen LogP contribution < -0.4 is 4.90 Å². The molecule has 0 fully saturated rings. The smallest absolute Gasteiger partial charge is 0.261 e. The van der Waals surface area contributed by atoms with Crippen LogP contribution in [0.1, 0.15) is 18.1 Å². The van der Waals surface area contributed by atoms with E-state index in [1.165, 1.54) is 0 Å². The number of carbonyl (C=O) groups is 1. The van der Waals surface area contributed by atoms with Crippen LogP contribution in [0.15, 0.2) is 84.9 Å². The van der Waals surface area contributed by atoms with Crippen LogP contribution in [-0.2, 0) is 10.2 Å². The van der Waals surface area contributed by atoms with Crippen LogP contribution in [-0.4, -0.2) is 17.1 Å². The summed E-state index contributed by atoms with van der Waals surface area (Å²) >= 11 is 0. The van der Waals surface area contributed by atoms with Gasteiger partial charge in [-0.3, -0.25) is 9.69 Å². The number of para-hydroxylation sites is 2. The number of aliphatic hydroxyl groups excluding tert-OH is 1. The average Bonchev–Trinajstić information content (AvgIpc) is 2.68. The highest BCUT2D eigenvalue weighted by molar-refractivity contribution is 6.07. The quantitative estimate of drug-likeness (QED) is 0.771. The molecular formula is C22H19NO2. The van der Waals surface area contributed by atoms with E-state index < -0.39 is 11.5 Å². The molecule has 0 aromatic heterocycles. The van der Waals surface area contributed by atoms with Gasteiger partial charge >= 0.3 is 0 Å². The number of hydrogen-bond acceptors (Lipinski definition) is 2. The third kappa shape index (κ3) is 2.28. The monoisotopic (exact) mass is 329 g/mol. The lowest BCUT2D eigenvalue weighted by Gasteiger charge is -2.44. The van der Waals surface area contributed by atoms with E-state index in [9.17, 15) is 9.90 Å². The van der Waals surface area contributed by atoms with Crippen molar-refractivity contribution in [2.75, 3.05) is 4.90 Å². The van der Waals surface area contributed by atoms with Gasteiger partial charge in [-0.25, -0.2) is 0 Å². The van der Waals surface area contributed by atoms with Gasteiger partial charge in [0.2, 0.25) is 0 Å². The Morgan fingerprint density at radius 2 is 1.40 bits per heavy atom. The second kappa shape index (κ2) is 5.87. The summed E-state index contributed by atoms with van der Waals surface area (Å²) in [6, 6.07) is 27.0. The number of rotatable bonds is 2. The zero-order valence-electron chi connectivity index (χ0n) is 14.0. The first-order valence-electron chi connectivity index (χ1n) is 8.36. The van der Waals surface area contributed by atoms with Crippen LogP contribution in [0.2, 0.25) is 0 Å². The topological polar surface area (TPSA) is 40.5 Å². The number of fused-ring (bicyclic) bond motifs is 1. The number of hydrogen-bond donors (Lipinski definition) is 1. The van der Waals surface area contributed by atoms with Gasteiger partial charge in [0.25, 0.3) is 5.91 Å². The molecule has 2 atom stereocenters. The summed E-state index contributed by atoms with van der Waals surface area (Å²) in [4.78, 5) is 14.8. The van der Waals surface area contributed by atoms with Crippen LogP contribution >= 0.6 is 0 Å². The van der Waals surface area contributed by atoms with Gasteiger partial charge in [-0.15, -0.1) is 0 Å². The highest BCUT2D eigenvalue weighted by Crippen LogP contribution is 2.47. The van der Waals surface area contributed by atoms with E-state index in [-0.39, 0.29) is 5.91 Å². The molecule has 3 aromatic rings. The minimum Gasteiger partial charge on any atom is -0.382 e. The molecule has 3 aromatic carbocycles. The normalized spacial score (nSPS) is 22.6. The second-order valence-corrected chi connectivity index (χ2v) is 6.50. The van der Waals surface area contributed by atoms with Crippen molar-refractivity contribution in [3.8, 4) is 0 Å². The second-order valence-electron chi connectivity index (χ2n) is 6.50. The van der Waals surface area contributed by atoms with E-state index >= 15 is 0 Å². The molecular weight excluding hydrogens is 310 g/mol. The molecule has 1 amide bonds. The van der Waals surface area contributed by atoms with Crippen molar-refractivity contribution < 1.29 is 9.90 Å². The van der Waals surface area contributed by atoms with Crippen molar-refractivity contribution in [1.82, 2.24) is 0 Å². The molecule has 0 bridgehead atoms. The Balaban J connectivity index is 1.97. The molecule has 1 heterocycles. The Morgan fingerprint density at radius 3 is 2.08 bits per heavy atom. The van der Waals surface area contributed by atoms with Crippen LogP contribution in [0.5, 0.6) is 0 Å². The predicted octanol–water partition coefficient (Wildman–Crippen LogP) is 4.03. The minimum atomic E-state index is -1.16. The molecule has 1 N–H and O–H groups in total. The van der Waals surface area contributed by atoms with Crippen molar-refractivity contribution >= 4 is 17.3 Å². The minimum absolute atomic E-state index is 0.309. The molecule has 0 saturated heterocycles. The lowest BCUT2D eigenvalue weighted by molar-refractivity contribution is -0.129. The molecule has 1 aliphatic rings. The van der Waals surface area contributed by atoms with Gasteiger partial charge in [-0.2, -0.15) is 0 Å². The van der Waals surface area contributed by atoms with Gasteiger partial charge in [-0.05, 0) is 36.2 Å². The van der Waals surface area contributed by atoms with Gasteiger partial charge < -0.3 is 5.11 Å². The number of benzene rings is 3. The van der Waals surface area contributed by atoms with Crippen molar-refractivity contribution in [2.45, 2.75) is 18.4 Å². The highest BCUT2D eigenvalue weighted by Gasteiger charge is 2.49. The molecule has 3 heteroatoms. The maximum absolute atomic E-state index is 13.2. The Hall–Kier alpha value is -2.91. The van der Waals surface area contributed by atoms with Gasteiger partial charge in [0.05, 0.1) is 11.1 Å². The van der Waals surface area contributed by atoms with Crippen LogP contribution in [0.25, 0.3) is 0 Å². The van der Waals surface area contributed by atoms with E-state index in [0.29, 0.717) is 0 Å². The Kier molecular flexibility index (Phi) is 3.66. The number of amides is 1. The van der Waals surface area contributed by atoms with Crippen molar-refractivity contribution in [1.29, 1.82) is 0 Å². The van der Waals surface area contributed by atoms with Crippen molar-refractivity contribution in [3.63, 3.8) is 0 Å². The Labute approximate surface area is 147 Å². The summed E-state index contributed by atoms with van der Waals surface area (Å²) in [7, 11) is 0. The summed E-state index contributed by atoms with van der Waals surface area (Å²) in [5.41, 5.74) is 2.65. The zero-order valence-corrected chi connectivity index (χ0v) is 14.0. The molecule has 4 rings (SSSR count). The summed E-state index contributed by atoms with van der Waals surface area (Å²) in [5, 5.41) is 11.0. The molecule has 0 spiro atoms. The first kappa shape index (κ1) is 15.6. The Bertz CT molecular complexity index is 908. The molecule has 0 radical (unpaired) electrons. The summed E-state index contributed by atoms with van der Waals surface area (Å²) in [6.45, 7) is 1.94. The Morgan fingerprint density at radius 1 is 0.840 bits per heavy atom. The van der Waals surface area contributed by atoms with E-state index in [0.717, 1.165) is 22.5 Å². The van der Waals surface area contributed by atoms with E-state index in [1.54, 1.807) is 4.90 Å². The molecule has 3 nitrogen and oxygen atoms in total. The fourth-order valence-electron chi connectivity index (χ4n) is 3.68. The summed E-state index contributed by atoms with van der Waals surface area (Å²) < 4.78 is 0. The van der Waals surface area contributed by atoms with Gasteiger partial charge in [0.15, 0.2) is 0 Å². The maximum Gasteiger partial charge on any atom is 0.261 e. The largest absolute Gasteiger partial charge is 0.382 e. The average molecular weight is 329 g/mol. The van der Waals surface area contributed by atoms with Crippen LogP contribution in [0.3, 0.4) is 0 Å². The zero-order chi connectivity index (χ0) is 17.4. The van der Waals surface area contributed by atoms with Crippen LogP contribution in [0.4, 0.5) is 11.4 Å². The first-order valence-corrected chi connectivity index (χ1v) is 8.36. The number of nitrogens with zero attached hydrogens (tertiary/aromatic N) is 1. The molecule has 124 valence electrons. The molecule has 0 saturated carbocycles. The fourth-order valence-corrected chi connectivity index (χ4v) is 3.68. The molecule has 0 unspecified atom stereocenters.